The first kappa shape index (κ1) is 14.1. The molecule has 1 aromatic carbocycles. The SMILES string of the molecule is CCN1CCN(C2COc3ccc(Cl)cc3C2O)CC1. The number of ether oxygens (including phenoxy) is 1. The van der Waals surface area contributed by atoms with Crippen LogP contribution in [0.2, 0.25) is 5.02 Å². The minimum absolute atomic E-state index is 0.0278. The molecule has 0 saturated carbocycles. The van der Waals surface area contributed by atoms with Crippen molar-refractivity contribution in [2.24, 2.45) is 0 Å². The van der Waals surface area contributed by atoms with Gasteiger partial charge < -0.3 is 14.7 Å². The molecular weight excluding hydrogens is 276 g/mol. The highest BCUT2D eigenvalue weighted by molar-refractivity contribution is 6.30. The number of aliphatic hydroxyl groups excluding tert-OH is 1. The fourth-order valence-electron chi connectivity index (χ4n) is 3.07. The van der Waals surface area contributed by atoms with Crippen molar-refractivity contribution in [2.75, 3.05) is 39.3 Å². The summed E-state index contributed by atoms with van der Waals surface area (Å²) in [5.41, 5.74) is 0.812. The predicted octanol–water partition coefficient (Wildman–Crippen LogP) is 1.77. The Kier molecular flexibility index (Phi) is 4.17. The molecule has 1 saturated heterocycles. The van der Waals surface area contributed by atoms with E-state index in [-0.39, 0.29) is 6.04 Å². The van der Waals surface area contributed by atoms with Crippen molar-refractivity contribution in [3.8, 4) is 5.75 Å². The molecule has 0 amide bonds. The van der Waals surface area contributed by atoms with Crippen LogP contribution in [0.3, 0.4) is 0 Å². The van der Waals surface area contributed by atoms with Gasteiger partial charge in [0.2, 0.25) is 0 Å². The van der Waals surface area contributed by atoms with Crippen LogP contribution >= 0.6 is 11.6 Å². The van der Waals surface area contributed by atoms with Crippen LogP contribution in [0.1, 0.15) is 18.6 Å². The number of aliphatic hydroxyl groups is 1. The molecule has 2 aliphatic heterocycles. The van der Waals surface area contributed by atoms with Gasteiger partial charge in [0.05, 0.1) is 6.04 Å². The van der Waals surface area contributed by atoms with Crippen molar-refractivity contribution in [3.05, 3.63) is 28.8 Å². The van der Waals surface area contributed by atoms with Crippen molar-refractivity contribution in [3.63, 3.8) is 0 Å². The van der Waals surface area contributed by atoms with Crippen LogP contribution in [-0.4, -0.2) is 60.3 Å². The summed E-state index contributed by atoms with van der Waals surface area (Å²) in [5.74, 6) is 0.755. The van der Waals surface area contributed by atoms with E-state index in [4.69, 9.17) is 16.3 Å². The number of likely N-dealkylation sites (N-methyl/N-ethyl adjacent to an activating group) is 1. The van der Waals surface area contributed by atoms with Gasteiger partial charge in [0.15, 0.2) is 0 Å². The quantitative estimate of drug-likeness (QED) is 0.902. The summed E-state index contributed by atoms with van der Waals surface area (Å²) >= 11 is 6.03. The third-order valence-electron chi connectivity index (χ3n) is 4.39. The second-order valence-electron chi connectivity index (χ2n) is 5.48. The fraction of sp³-hybridized carbons (Fsp3) is 0.600. The Balaban J connectivity index is 1.73. The van der Waals surface area contributed by atoms with Gasteiger partial charge in [-0.1, -0.05) is 18.5 Å². The van der Waals surface area contributed by atoms with Crippen molar-refractivity contribution >= 4 is 11.6 Å². The standard InChI is InChI=1S/C15H21ClN2O2/c1-2-17-5-7-18(8-6-17)13-10-20-14-4-3-11(16)9-12(14)15(13)19/h3-4,9,13,15,19H,2,5-8,10H2,1H3. The van der Waals surface area contributed by atoms with E-state index in [1.807, 2.05) is 12.1 Å². The lowest BCUT2D eigenvalue weighted by atomic mass is 9.97. The van der Waals surface area contributed by atoms with E-state index in [9.17, 15) is 5.11 Å². The number of hydrogen-bond donors (Lipinski definition) is 1. The zero-order valence-electron chi connectivity index (χ0n) is 11.8. The van der Waals surface area contributed by atoms with Gasteiger partial charge in [-0.25, -0.2) is 0 Å². The second kappa shape index (κ2) is 5.90. The Morgan fingerprint density at radius 2 is 2.05 bits per heavy atom. The van der Waals surface area contributed by atoms with E-state index in [2.05, 4.69) is 16.7 Å². The van der Waals surface area contributed by atoms with Gasteiger partial charge in [-0.05, 0) is 24.7 Å². The maximum Gasteiger partial charge on any atom is 0.125 e. The number of benzene rings is 1. The summed E-state index contributed by atoms with van der Waals surface area (Å²) in [6.45, 7) is 7.90. The maximum atomic E-state index is 10.6. The Morgan fingerprint density at radius 3 is 2.75 bits per heavy atom. The molecule has 0 aromatic heterocycles. The summed E-state index contributed by atoms with van der Waals surface area (Å²) in [6.07, 6.45) is -0.523. The number of nitrogens with zero attached hydrogens (tertiary/aromatic N) is 2. The normalized spacial score (nSPS) is 27.9. The summed E-state index contributed by atoms with van der Waals surface area (Å²) in [6, 6.07) is 5.48. The molecule has 0 spiro atoms. The predicted molar refractivity (Wildman–Crippen MR) is 79.4 cm³/mol. The van der Waals surface area contributed by atoms with E-state index in [0.29, 0.717) is 11.6 Å². The second-order valence-corrected chi connectivity index (χ2v) is 5.91. The Labute approximate surface area is 124 Å². The minimum atomic E-state index is -0.523. The third-order valence-corrected chi connectivity index (χ3v) is 4.62. The largest absolute Gasteiger partial charge is 0.491 e. The Morgan fingerprint density at radius 1 is 1.30 bits per heavy atom. The molecule has 2 atom stereocenters. The molecule has 2 heterocycles. The smallest absolute Gasteiger partial charge is 0.125 e. The van der Waals surface area contributed by atoms with Crippen molar-refractivity contribution < 1.29 is 9.84 Å². The highest BCUT2D eigenvalue weighted by Gasteiger charge is 2.35. The van der Waals surface area contributed by atoms with Gasteiger partial charge >= 0.3 is 0 Å². The van der Waals surface area contributed by atoms with Crippen LogP contribution in [0.25, 0.3) is 0 Å². The van der Waals surface area contributed by atoms with Gasteiger partial charge in [0.1, 0.15) is 18.5 Å². The van der Waals surface area contributed by atoms with Crippen molar-refractivity contribution in [2.45, 2.75) is 19.1 Å². The molecule has 0 bridgehead atoms. The van der Waals surface area contributed by atoms with Crippen LogP contribution in [0.5, 0.6) is 5.75 Å². The van der Waals surface area contributed by atoms with Crippen LogP contribution < -0.4 is 4.74 Å². The van der Waals surface area contributed by atoms with E-state index < -0.39 is 6.10 Å². The Bertz CT molecular complexity index is 475. The molecule has 0 aliphatic carbocycles. The average Bonchev–Trinajstić information content (AvgIpc) is 2.48. The zero-order valence-corrected chi connectivity index (χ0v) is 12.5. The molecule has 20 heavy (non-hydrogen) atoms. The van der Waals surface area contributed by atoms with Gasteiger partial charge in [0.25, 0.3) is 0 Å². The first-order chi connectivity index (χ1) is 9.69. The number of rotatable bonds is 2. The van der Waals surface area contributed by atoms with Crippen LogP contribution in [0, 0.1) is 0 Å². The molecule has 1 aromatic rings. The van der Waals surface area contributed by atoms with E-state index in [1.165, 1.54) is 0 Å². The number of halogens is 1. The summed E-state index contributed by atoms with van der Waals surface area (Å²) < 4.78 is 5.79. The monoisotopic (exact) mass is 296 g/mol. The van der Waals surface area contributed by atoms with Gasteiger partial charge in [-0.3, -0.25) is 4.90 Å². The van der Waals surface area contributed by atoms with Gasteiger partial charge in [0, 0.05) is 36.8 Å². The zero-order chi connectivity index (χ0) is 14.1. The molecule has 1 fully saturated rings. The van der Waals surface area contributed by atoms with E-state index >= 15 is 0 Å². The van der Waals surface area contributed by atoms with Gasteiger partial charge in [-0.15, -0.1) is 0 Å². The van der Waals surface area contributed by atoms with Crippen molar-refractivity contribution in [1.29, 1.82) is 0 Å². The minimum Gasteiger partial charge on any atom is -0.491 e. The molecule has 0 radical (unpaired) electrons. The molecule has 1 N–H and O–H groups in total. The highest BCUT2D eigenvalue weighted by atomic mass is 35.5. The van der Waals surface area contributed by atoms with Crippen LogP contribution in [0.15, 0.2) is 18.2 Å². The summed E-state index contributed by atoms with van der Waals surface area (Å²) in [5, 5.41) is 11.3. The summed E-state index contributed by atoms with van der Waals surface area (Å²) in [7, 11) is 0. The first-order valence-corrected chi connectivity index (χ1v) is 7.63. The third kappa shape index (κ3) is 2.66. The fourth-order valence-corrected chi connectivity index (χ4v) is 3.25. The molecule has 2 unspecified atom stereocenters. The Hall–Kier alpha value is -0.810. The van der Waals surface area contributed by atoms with Crippen LogP contribution in [-0.2, 0) is 0 Å². The first-order valence-electron chi connectivity index (χ1n) is 7.25. The lowest BCUT2D eigenvalue weighted by Crippen LogP contribution is -2.54. The molecule has 2 aliphatic rings. The average molecular weight is 297 g/mol. The van der Waals surface area contributed by atoms with Gasteiger partial charge in [-0.2, -0.15) is 0 Å². The van der Waals surface area contributed by atoms with E-state index in [0.717, 1.165) is 44.0 Å². The highest BCUT2D eigenvalue weighted by Crippen LogP contribution is 2.36. The lowest BCUT2D eigenvalue weighted by molar-refractivity contribution is -0.0165. The topological polar surface area (TPSA) is 35.9 Å². The number of fused-ring (bicyclic) bond motifs is 1. The maximum absolute atomic E-state index is 10.6. The van der Waals surface area contributed by atoms with E-state index in [1.54, 1.807) is 6.07 Å². The molecule has 3 rings (SSSR count). The lowest BCUT2D eigenvalue weighted by Gasteiger charge is -2.42. The van der Waals surface area contributed by atoms with Crippen molar-refractivity contribution in [1.82, 2.24) is 9.80 Å². The molecular formula is C15H21ClN2O2. The number of piperazine rings is 1. The molecule has 5 heteroatoms. The summed E-state index contributed by atoms with van der Waals surface area (Å²) in [4.78, 5) is 4.76. The molecule has 110 valence electrons. The van der Waals surface area contributed by atoms with Crippen LogP contribution in [0.4, 0.5) is 0 Å². The molecule has 4 nitrogen and oxygen atoms in total. The number of hydrogen-bond acceptors (Lipinski definition) is 4.